The van der Waals surface area contributed by atoms with Gasteiger partial charge >= 0.3 is 0 Å². The van der Waals surface area contributed by atoms with Crippen molar-refractivity contribution in [2.24, 2.45) is 5.14 Å². The summed E-state index contributed by atoms with van der Waals surface area (Å²) < 4.78 is 23.2. The molecule has 1 aliphatic heterocycles. The van der Waals surface area contributed by atoms with Gasteiger partial charge in [-0.2, -0.15) is 5.26 Å². The van der Waals surface area contributed by atoms with Crippen LogP contribution >= 0.6 is 0 Å². The lowest BCUT2D eigenvalue weighted by Gasteiger charge is -2.35. The van der Waals surface area contributed by atoms with Crippen molar-refractivity contribution in [3.63, 3.8) is 0 Å². The molecule has 2 N–H and O–H groups in total. The first-order valence-electron chi connectivity index (χ1n) is 8.92. The zero-order valence-corrected chi connectivity index (χ0v) is 16.4. The van der Waals surface area contributed by atoms with Crippen LogP contribution in [0.2, 0.25) is 0 Å². The summed E-state index contributed by atoms with van der Waals surface area (Å²) in [5.41, 5.74) is 2.84. The van der Waals surface area contributed by atoms with Gasteiger partial charge in [-0.05, 0) is 42.3 Å². The van der Waals surface area contributed by atoms with Crippen molar-refractivity contribution in [2.45, 2.75) is 18.4 Å². The fourth-order valence-electron chi connectivity index (χ4n) is 3.23. The van der Waals surface area contributed by atoms with E-state index < -0.39 is 10.0 Å². The van der Waals surface area contributed by atoms with Gasteiger partial charge in [0.15, 0.2) is 0 Å². The van der Waals surface area contributed by atoms with Gasteiger partial charge in [0.05, 0.1) is 16.5 Å². The summed E-state index contributed by atoms with van der Waals surface area (Å²) >= 11 is 0. The van der Waals surface area contributed by atoms with Crippen LogP contribution in [-0.4, -0.2) is 50.3 Å². The van der Waals surface area contributed by atoms with Gasteiger partial charge in [0.25, 0.3) is 5.91 Å². The molecule has 1 saturated heterocycles. The van der Waals surface area contributed by atoms with Crippen LogP contribution in [0.1, 0.15) is 27.0 Å². The molecule has 8 heteroatoms. The SMILES string of the molecule is Cc1ccc(S(N)(=O)=O)cc1C(=O)N1CCN(Cc2ccc(C#N)cc2)CC1. The average Bonchev–Trinajstić information content (AvgIpc) is 2.68. The maximum absolute atomic E-state index is 12.9. The fourth-order valence-corrected chi connectivity index (χ4v) is 3.77. The van der Waals surface area contributed by atoms with Gasteiger partial charge < -0.3 is 4.90 Å². The van der Waals surface area contributed by atoms with E-state index in [1.165, 1.54) is 12.1 Å². The molecule has 0 aromatic heterocycles. The van der Waals surface area contributed by atoms with Crippen LogP contribution in [0, 0.1) is 18.3 Å². The van der Waals surface area contributed by atoms with Crippen LogP contribution in [0.3, 0.4) is 0 Å². The van der Waals surface area contributed by atoms with E-state index in [0.29, 0.717) is 24.2 Å². The predicted molar refractivity (Wildman–Crippen MR) is 105 cm³/mol. The molecule has 28 heavy (non-hydrogen) atoms. The van der Waals surface area contributed by atoms with Crippen molar-refractivity contribution < 1.29 is 13.2 Å². The van der Waals surface area contributed by atoms with Crippen LogP contribution < -0.4 is 5.14 Å². The van der Waals surface area contributed by atoms with E-state index in [9.17, 15) is 13.2 Å². The number of primary sulfonamides is 1. The van der Waals surface area contributed by atoms with E-state index >= 15 is 0 Å². The Balaban J connectivity index is 1.64. The van der Waals surface area contributed by atoms with Crippen molar-refractivity contribution in [3.05, 3.63) is 64.7 Å². The minimum absolute atomic E-state index is 0.0547. The molecule has 2 aromatic rings. The van der Waals surface area contributed by atoms with Crippen molar-refractivity contribution >= 4 is 15.9 Å². The second-order valence-corrected chi connectivity index (χ2v) is 8.46. The van der Waals surface area contributed by atoms with Gasteiger partial charge in [0.1, 0.15) is 0 Å². The van der Waals surface area contributed by atoms with Gasteiger partial charge in [-0.3, -0.25) is 9.69 Å². The molecule has 0 aliphatic carbocycles. The Morgan fingerprint density at radius 2 is 1.75 bits per heavy atom. The summed E-state index contributed by atoms with van der Waals surface area (Å²) in [6.45, 7) is 5.11. The van der Waals surface area contributed by atoms with Crippen molar-refractivity contribution in [3.8, 4) is 6.07 Å². The number of nitrogens with two attached hydrogens (primary N) is 1. The molecule has 7 nitrogen and oxygen atoms in total. The molecule has 0 unspecified atom stereocenters. The standard InChI is InChI=1S/C20H22N4O3S/c1-15-2-7-18(28(22,26)27)12-19(15)20(25)24-10-8-23(9-11-24)14-17-5-3-16(13-21)4-6-17/h2-7,12H,8-11,14H2,1H3,(H2,22,26,27). The van der Waals surface area contributed by atoms with Crippen LogP contribution in [0.15, 0.2) is 47.4 Å². The number of hydrogen-bond acceptors (Lipinski definition) is 5. The summed E-state index contributed by atoms with van der Waals surface area (Å²) in [5.74, 6) is -0.180. The average molecular weight is 398 g/mol. The van der Waals surface area contributed by atoms with E-state index in [2.05, 4.69) is 11.0 Å². The van der Waals surface area contributed by atoms with Crippen LogP contribution in [-0.2, 0) is 16.6 Å². The molecule has 2 aromatic carbocycles. The first-order valence-corrected chi connectivity index (χ1v) is 10.5. The van der Waals surface area contributed by atoms with Crippen molar-refractivity contribution in [1.82, 2.24) is 9.80 Å². The number of nitrogens with zero attached hydrogens (tertiary/aromatic N) is 3. The number of sulfonamides is 1. The van der Waals surface area contributed by atoms with E-state index in [1.54, 1.807) is 30.0 Å². The summed E-state index contributed by atoms with van der Waals surface area (Å²) in [4.78, 5) is 16.8. The Bertz CT molecular complexity index is 1020. The summed E-state index contributed by atoms with van der Waals surface area (Å²) in [5, 5.41) is 14.1. The zero-order chi connectivity index (χ0) is 20.3. The molecule has 1 heterocycles. The largest absolute Gasteiger partial charge is 0.336 e. The van der Waals surface area contributed by atoms with E-state index in [0.717, 1.165) is 30.8 Å². The van der Waals surface area contributed by atoms with Gasteiger partial charge in [0, 0.05) is 38.3 Å². The molecule has 1 fully saturated rings. The van der Waals surface area contributed by atoms with Gasteiger partial charge in [0.2, 0.25) is 10.0 Å². The fraction of sp³-hybridized carbons (Fsp3) is 0.300. The number of carbonyl (C=O) groups is 1. The molecule has 0 saturated carbocycles. The number of nitriles is 1. The van der Waals surface area contributed by atoms with Gasteiger partial charge in [-0.1, -0.05) is 18.2 Å². The first-order chi connectivity index (χ1) is 13.3. The molecular formula is C20H22N4O3S. The Labute approximate surface area is 165 Å². The number of piperazine rings is 1. The van der Waals surface area contributed by atoms with Gasteiger partial charge in [-0.25, -0.2) is 13.6 Å². The summed E-state index contributed by atoms with van der Waals surface area (Å²) in [6, 6.07) is 14.0. The molecule has 1 aliphatic rings. The third kappa shape index (κ3) is 4.57. The highest BCUT2D eigenvalue weighted by molar-refractivity contribution is 7.89. The molecule has 0 atom stereocenters. The Morgan fingerprint density at radius 3 is 2.32 bits per heavy atom. The third-order valence-electron chi connectivity index (χ3n) is 4.92. The Kier molecular flexibility index (Phi) is 5.79. The molecule has 0 spiro atoms. The zero-order valence-electron chi connectivity index (χ0n) is 15.6. The minimum Gasteiger partial charge on any atom is -0.336 e. The number of rotatable bonds is 4. The number of benzene rings is 2. The predicted octanol–water partition coefficient (Wildman–Crippen LogP) is 1.47. The Hall–Kier alpha value is -2.73. The maximum atomic E-state index is 12.9. The number of hydrogen-bond donors (Lipinski definition) is 1. The molecule has 3 rings (SSSR count). The molecular weight excluding hydrogens is 376 g/mol. The number of amides is 1. The monoisotopic (exact) mass is 398 g/mol. The van der Waals surface area contributed by atoms with Crippen LogP contribution in [0.25, 0.3) is 0 Å². The normalized spacial score (nSPS) is 15.2. The Morgan fingerprint density at radius 1 is 1.11 bits per heavy atom. The van der Waals surface area contributed by atoms with E-state index in [1.807, 2.05) is 12.1 Å². The molecule has 0 radical (unpaired) electrons. The van der Waals surface area contributed by atoms with Gasteiger partial charge in [-0.15, -0.1) is 0 Å². The maximum Gasteiger partial charge on any atom is 0.254 e. The second-order valence-electron chi connectivity index (χ2n) is 6.90. The molecule has 1 amide bonds. The lowest BCUT2D eigenvalue weighted by atomic mass is 10.1. The highest BCUT2D eigenvalue weighted by Gasteiger charge is 2.24. The number of aryl methyl sites for hydroxylation is 1. The van der Waals surface area contributed by atoms with Crippen LogP contribution in [0.5, 0.6) is 0 Å². The topological polar surface area (TPSA) is 108 Å². The highest BCUT2D eigenvalue weighted by Crippen LogP contribution is 2.18. The number of carbonyl (C=O) groups excluding carboxylic acids is 1. The minimum atomic E-state index is -3.85. The molecule has 146 valence electrons. The third-order valence-corrected chi connectivity index (χ3v) is 5.83. The van der Waals surface area contributed by atoms with Crippen molar-refractivity contribution in [1.29, 1.82) is 5.26 Å². The smallest absolute Gasteiger partial charge is 0.254 e. The second kappa shape index (κ2) is 8.10. The van der Waals surface area contributed by atoms with Crippen molar-refractivity contribution in [2.75, 3.05) is 26.2 Å². The molecule has 0 bridgehead atoms. The highest BCUT2D eigenvalue weighted by atomic mass is 32.2. The van der Waals surface area contributed by atoms with Crippen LogP contribution in [0.4, 0.5) is 0 Å². The summed E-state index contributed by atoms with van der Waals surface area (Å²) in [6.07, 6.45) is 0. The lowest BCUT2D eigenvalue weighted by molar-refractivity contribution is 0.0627. The quantitative estimate of drug-likeness (QED) is 0.839. The van der Waals surface area contributed by atoms with E-state index in [4.69, 9.17) is 10.4 Å². The van der Waals surface area contributed by atoms with E-state index in [-0.39, 0.29) is 10.8 Å². The lowest BCUT2D eigenvalue weighted by Crippen LogP contribution is -2.48. The first kappa shape index (κ1) is 20.0. The summed E-state index contributed by atoms with van der Waals surface area (Å²) in [7, 11) is -3.85.